The molecule has 108 valence electrons. The van der Waals surface area contributed by atoms with Gasteiger partial charge in [0.2, 0.25) is 0 Å². The van der Waals surface area contributed by atoms with Crippen LogP contribution in [-0.2, 0) is 9.53 Å². The van der Waals surface area contributed by atoms with Crippen molar-refractivity contribution in [1.29, 1.82) is 0 Å². The van der Waals surface area contributed by atoms with Crippen LogP contribution in [0.3, 0.4) is 0 Å². The number of rotatable bonds is 8. The van der Waals surface area contributed by atoms with E-state index in [1.165, 1.54) is 0 Å². The third-order valence-electron chi connectivity index (χ3n) is 3.32. The summed E-state index contributed by atoms with van der Waals surface area (Å²) in [6.45, 7) is 3.61. The minimum Gasteiger partial charge on any atom is -0.480 e. The van der Waals surface area contributed by atoms with Crippen LogP contribution in [0.5, 0.6) is 0 Å². The van der Waals surface area contributed by atoms with E-state index in [4.69, 9.17) is 9.84 Å². The third-order valence-corrected chi connectivity index (χ3v) is 3.32. The largest absolute Gasteiger partial charge is 0.480 e. The Balaban J connectivity index is 2.28. The topological polar surface area (TPSA) is 75.6 Å². The third kappa shape index (κ3) is 6.27. The highest BCUT2D eigenvalue weighted by atomic mass is 16.6. The van der Waals surface area contributed by atoms with Crippen LogP contribution < -0.4 is 5.32 Å². The Labute approximate surface area is 114 Å². The number of carbonyl (C=O) groups excluding carboxylic acids is 1. The lowest BCUT2D eigenvalue weighted by Gasteiger charge is -2.17. The molecular formula is C14H23NO4. The number of amides is 1. The fourth-order valence-corrected chi connectivity index (χ4v) is 2.23. The van der Waals surface area contributed by atoms with Crippen molar-refractivity contribution in [2.24, 2.45) is 0 Å². The zero-order valence-corrected chi connectivity index (χ0v) is 11.3. The zero-order chi connectivity index (χ0) is 14.1. The highest BCUT2D eigenvalue weighted by Crippen LogP contribution is 2.21. The SMILES string of the molecule is C=CCCCC[C@H](NC(=O)OC1CCCC1)C(=O)O. The lowest BCUT2D eigenvalue weighted by atomic mass is 10.1. The molecule has 0 radical (unpaired) electrons. The van der Waals surface area contributed by atoms with E-state index in [0.29, 0.717) is 6.42 Å². The van der Waals surface area contributed by atoms with Crippen LogP contribution in [0.2, 0.25) is 0 Å². The molecule has 1 saturated carbocycles. The number of carboxylic acid groups (broad SMARTS) is 1. The Kier molecular flexibility index (Phi) is 7.00. The zero-order valence-electron chi connectivity index (χ0n) is 11.3. The first-order valence-corrected chi connectivity index (χ1v) is 6.94. The number of hydrogen-bond acceptors (Lipinski definition) is 3. The number of unbranched alkanes of at least 4 members (excludes halogenated alkanes) is 2. The second kappa shape index (κ2) is 8.56. The molecule has 1 aliphatic carbocycles. The molecule has 1 atom stereocenters. The highest BCUT2D eigenvalue weighted by Gasteiger charge is 2.23. The number of hydrogen-bond donors (Lipinski definition) is 2. The van der Waals surface area contributed by atoms with Crippen LogP contribution in [0, 0.1) is 0 Å². The van der Waals surface area contributed by atoms with E-state index in [1.54, 1.807) is 6.08 Å². The van der Waals surface area contributed by atoms with Gasteiger partial charge in [-0.3, -0.25) is 0 Å². The summed E-state index contributed by atoms with van der Waals surface area (Å²) in [6, 6.07) is -0.862. The molecule has 0 spiro atoms. The van der Waals surface area contributed by atoms with Crippen molar-refractivity contribution in [1.82, 2.24) is 5.32 Å². The average molecular weight is 269 g/mol. The van der Waals surface area contributed by atoms with Crippen molar-refractivity contribution in [2.75, 3.05) is 0 Å². The molecular weight excluding hydrogens is 246 g/mol. The molecule has 5 heteroatoms. The molecule has 0 bridgehead atoms. The first kappa shape index (κ1) is 15.5. The van der Waals surface area contributed by atoms with E-state index in [-0.39, 0.29) is 6.10 Å². The minimum absolute atomic E-state index is 0.0461. The molecule has 0 saturated heterocycles. The Morgan fingerprint density at radius 1 is 1.37 bits per heavy atom. The molecule has 0 heterocycles. The fraction of sp³-hybridized carbons (Fsp3) is 0.714. The molecule has 0 unspecified atom stereocenters. The number of nitrogens with one attached hydrogen (secondary N) is 1. The molecule has 5 nitrogen and oxygen atoms in total. The van der Waals surface area contributed by atoms with Crippen molar-refractivity contribution in [3.05, 3.63) is 12.7 Å². The molecule has 1 fully saturated rings. The van der Waals surface area contributed by atoms with E-state index in [0.717, 1.165) is 44.9 Å². The summed E-state index contributed by atoms with van der Waals surface area (Å²) >= 11 is 0. The van der Waals surface area contributed by atoms with Gasteiger partial charge in [0.1, 0.15) is 12.1 Å². The quantitative estimate of drug-likeness (QED) is 0.525. The number of ether oxygens (including phenoxy) is 1. The van der Waals surface area contributed by atoms with Crippen molar-refractivity contribution in [3.63, 3.8) is 0 Å². The summed E-state index contributed by atoms with van der Waals surface area (Å²) < 4.78 is 5.19. The van der Waals surface area contributed by atoms with Crippen LogP contribution in [0.15, 0.2) is 12.7 Å². The summed E-state index contributed by atoms with van der Waals surface area (Å²) in [6.07, 6.45) is 7.95. The Morgan fingerprint density at radius 2 is 2.05 bits per heavy atom. The van der Waals surface area contributed by atoms with Crippen molar-refractivity contribution in [2.45, 2.75) is 63.5 Å². The van der Waals surface area contributed by atoms with E-state index in [1.807, 2.05) is 0 Å². The van der Waals surface area contributed by atoms with Crippen LogP contribution >= 0.6 is 0 Å². The van der Waals surface area contributed by atoms with Crippen LogP contribution in [-0.4, -0.2) is 29.3 Å². The monoisotopic (exact) mass is 269 g/mol. The summed E-state index contributed by atoms with van der Waals surface area (Å²) in [5.41, 5.74) is 0. The van der Waals surface area contributed by atoms with Gasteiger partial charge in [-0.05, 0) is 44.9 Å². The Bertz CT molecular complexity index is 311. The maximum Gasteiger partial charge on any atom is 0.408 e. The minimum atomic E-state index is -1.01. The van der Waals surface area contributed by atoms with Crippen LogP contribution in [0.25, 0.3) is 0 Å². The number of aliphatic carboxylic acids is 1. The van der Waals surface area contributed by atoms with Crippen molar-refractivity contribution < 1.29 is 19.4 Å². The summed E-state index contributed by atoms with van der Waals surface area (Å²) in [5.74, 6) is -1.01. The van der Waals surface area contributed by atoms with Gasteiger partial charge in [-0.1, -0.05) is 12.5 Å². The summed E-state index contributed by atoms with van der Waals surface area (Å²) in [4.78, 5) is 22.6. The molecule has 2 N–H and O–H groups in total. The lowest BCUT2D eigenvalue weighted by molar-refractivity contribution is -0.139. The number of carbonyl (C=O) groups is 2. The number of alkyl carbamates (subject to hydrolysis) is 1. The normalized spacial score (nSPS) is 16.8. The molecule has 0 aromatic rings. The second-order valence-electron chi connectivity index (χ2n) is 4.92. The molecule has 0 aliphatic heterocycles. The van der Waals surface area contributed by atoms with Gasteiger partial charge in [-0.25, -0.2) is 9.59 Å². The molecule has 1 amide bonds. The first-order chi connectivity index (χ1) is 9.13. The Morgan fingerprint density at radius 3 is 2.63 bits per heavy atom. The summed E-state index contributed by atoms with van der Waals surface area (Å²) in [7, 11) is 0. The van der Waals surface area contributed by atoms with Gasteiger partial charge >= 0.3 is 12.1 Å². The van der Waals surface area contributed by atoms with Gasteiger partial charge < -0.3 is 15.2 Å². The van der Waals surface area contributed by atoms with Gasteiger partial charge in [0.05, 0.1) is 0 Å². The summed E-state index contributed by atoms with van der Waals surface area (Å²) in [5, 5.41) is 11.5. The molecule has 0 aromatic carbocycles. The molecule has 1 rings (SSSR count). The highest BCUT2D eigenvalue weighted by molar-refractivity contribution is 5.79. The van der Waals surface area contributed by atoms with Gasteiger partial charge in [0.15, 0.2) is 0 Å². The van der Waals surface area contributed by atoms with Gasteiger partial charge in [0.25, 0.3) is 0 Å². The van der Waals surface area contributed by atoms with E-state index < -0.39 is 18.1 Å². The lowest BCUT2D eigenvalue weighted by Crippen LogP contribution is -2.42. The Hall–Kier alpha value is -1.52. The first-order valence-electron chi connectivity index (χ1n) is 6.94. The second-order valence-corrected chi connectivity index (χ2v) is 4.92. The smallest absolute Gasteiger partial charge is 0.408 e. The predicted octanol–water partition coefficient (Wildman–Crippen LogP) is 2.85. The fourth-order valence-electron chi connectivity index (χ4n) is 2.23. The van der Waals surface area contributed by atoms with Gasteiger partial charge in [-0.15, -0.1) is 6.58 Å². The molecule has 1 aliphatic rings. The predicted molar refractivity (Wildman–Crippen MR) is 72.0 cm³/mol. The molecule has 19 heavy (non-hydrogen) atoms. The van der Waals surface area contributed by atoms with E-state index in [9.17, 15) is 9.59 Å². The van der Waals surface area contributed by atoms with E-state index in [2.05, 4.69) is 11.9 Å². The van der Waals surface area contributed by atoms with Crippen LogP contribution in [0.1, 0.15) is 51.4 Å². The van der Waals surface area contributed by atoms with Crippen molar-refractivity contribution >= 4 is 12.1 Å². The van der Waals surface area contributed by atoms with Crippen LogP contribution in [0.4, 0.5) is 4.79 Å². The van der Waals surface area contributed by atoms with Gasteiger partial charge in [0, 0.05) is 0 Å². The standard InChI is InChI=1S/C14H23NO4/c1-2-3-4-5-10-12(13(16)17)15-14(18)19-11-8-6-7-9-11/h2,11-12H,1,3-10H2,(H,15,18)(H,16,17)/t12-/m0/s1. The average Bonchev–Trinajstić information content (AvgIpc) is 2.85. The van der Waals surface area contributed by atoms with Crippen molar-refractivity contribution in [3.8, 4) is 0 Å². The number of carboxylic acids is 1. The maximum absolute atomic E-state index is 11.6. The number of allylic oxidation sites excluding steroid dienone is 1. The van der Waals surface area contributed by atoms with Gasteiger partial charge in [-0.2, -0.15) is 0 Å². The maximum atomic E-state index is 11.6. The van der Waals surface area contributed by atoms with E-state index >= 15 is 0 Å². The molecule has 0 aromatic heterocycles.